The lowest BCUT2D eigenvalue weighted by molar-refractivity contribution is 0.0696. The molecule has 126 valence electrons. The molecule has 2 aromatic rings. The Labute approximate surface area is 140 Å². The number of fused-ring (bicyclic) bond motifs is 1. The first-order valence-corrected chi connectivity index (χ1v) is 9.20. The molecule has 1 aliphatic rings. The van der Waals surface area contributed by atoms with Gasteiger partial charge in [0, 0.05) is 6.20 Å². The number of carboxylic acid groups (broad SMARTS) is 1. The SMILES string of the molecule is Cc1ncc(C(=O)O)cc1NS(=O)(=O)c1ccc2c(c1)CCCC2. The Morgan fingerprint density at radius 3 is 2.58 bits per heavy atom. The van der Waals surface area contributed by atoms with Crippen molar-refractivity contribution in [2.45, 2.75) is 37.5 Å². The third-order valence-corrected chi connectivity index (χ3v) is 5.57. The maximum absolute atomic E-state index is 12.6. The van der Waals surface area contributed by atoms with Crippen LogP contribution < -0.4 is 4.72 Å². The van der Waals surface area contributed by atoms with Crippen LogP contribution in [0.4, 0.5) is 5.69 Å². The van der Waals surface area contributed by atoms with Crippen molar-refractivity contribution in [2.75, 3.05) is 4.72 Å². The molecule has 0 atom stereocenters. The van der Waals surface area contributed by atoms with Gasteiger partial charge in [0.1, 0.15) is 0 Å². The van der Waals surface area contributed by atoms with E-state index in [1.807, 2.05) is 6.07 Å². The molecule has 0 spiro atoms. The topological polar surface area (TPSA) is 96.4 Å². The van der Waals surface area contributed by atoms with Gasteiger partial charge in [0.05, 0.1) is 21.8 Å². The quantitative estimate of drug-likeness (QED) is 0.887. The number of aryl methyl sites for hydroxylation is 3. The average molecular weight is 346 g/mol. The van der Waals surface area contributed by atoms with Crippen molar-refractivity contribution < 1.29 is 18.3 Å². The number of rotatable bonds is 4. The minimum atomic E-state index is -3.79. The molecule has 0 unspecified atom stereocenters. The lowest BCUT2D eigenvalue weighted by Crippen LogP contribution is -2.16. The number of pyridine rings is 1. The highest BCUT2D eigenvalue weighted by Gasteiger charge is 2.19. The third kappa shape index (κ3) is 3.26. The van der Waals surface area contributed by atoms with E-state index in [9.17, 15) is 13.2 Å². The lowest BCUT2D eigenvalue weighted by atomic mass is 9.92. The van der Waals surface area contributed by atoms with Gasteiger partial charge in [-0.2, -0.15) is 0 Å². The van der Waals surface area contributed by atoms with E-state index >= 15 is 0 Å². The first-order valence-electron chi connectivity index (χ1n) is 7.71. The van der Waals surface area contributed by atoms with E-state index in [0.717, 1.165) is 31.2 Å². The summed E-state index contributed by atoms with van der Waals surface area (Å²) in [7, 11) is -3.79. The van der Waals surface area contributed by atoms with E-state index in [1.165, 1.54) is 17.8 Å². The monoisotopic (exact) mass is 346 g/mol. The van der Waals surface area contributed by atoms with Crippen LogP contribution in [0, 0.1) is 6.92 Å². The summed E-state index contributed by atoms with van der Waals surface area (Å²) in [6, 6.07) is 6.44. The fourth-order valence-electron chi connectivity index (χ4n) is 2.83. The summed E-state index contributed by atoms with van der Waals surface area (Å²) in [5.74, 6) is -1.16. The summed E-state index contributed by atoms with van der Waals surface area (Å²) < 4.78 is 27.7. The van der Waals surface area contributed by atoms with Gasteiger partial charge in [-0.15, -0.1) is 0 Å². The Balaban J connectivity index is 1.94. The number of hydrogen-bond acceptors (Lipinski definition) is 4. The molecule has 7 heteroatoms. The van der Waals surface area contributed by atoms with Gasteiger partial charge in [-0.05, 0) is 61.9 Å². The first kappa shape index (κ1) is 16.4. The summed E-state index contributed by atoms with van der Waals surface area (Å²) in [5, 5.41) is 9.03. The average Bonchev–Trinajstić information content (AvgIpc) is 2.56. The highest BCUT2D eigenvalue weighted by Crippen LogP contribution is 2.26. The van der Waals surface area contributed by atoms with Gasteiger partial charge in [0.25, 0.3) is 10.0 Å². The van der Waals surface area contributed by atoms with Gasteiger partial charge in [-0.3, -0.25) is 9.71 Å². The van der Waals surface area contributed by atoms with Crippen LogP contribution in [0.3, 0.4) is 0 Å². The zero-order valence-corrected chi connectivity index (χ0v) is 14.1. The number of nitrogens with zero attached hydrogens (tertiary/aromatic N) is 1. The molecule has 1 aromatic heterocycles. The zero-order chi connectivity index (χ0) is 17.3. The number of nitrogens with one attached hydrogen (secondary N) is 1. The Kier molecular flexibility index (Phi) is 4.28. The van der Waals surface area contributed by atoms with Crippen molar-refractivity contribution in [3.05, 3.63) is 52.8 Å². The van der Waals surface area contributed by atoms with Crippen LogP contribution >= 0.6 is 0 Å². The van der Waals surface area contributed by atoms with Crippen LogP contribution in [0.1, 0.15) is 40.0 Å². The van der Waals surface area contributed by atoms with Crippen LogP contribution in [0.25, 0.3) is 0 Å². The van der Waals surface area contributed by atoms with Gasteiger partial charge in [-0.1, -0.05) is 6.07 Å². The van der Waals surface area contributed by atoms with Crippen molar-refractivity contribution in [3.63, 3.8) is 0 Å². The molecule has 6 nitrogen and oxygen atoms in total. The highest BCUT2D eigenvalue weighted by molar-refractivity contribution is 7.92. The molecule has 0 saturated carbocycles. The van der Waals surface area contributed by atoms with E-state index in [-0.39, 0.29) is 16.1 Å². The fraction of sp³-hybridized carbons (Fsp3) is 0.294. The maximum atomic E-state index is 12.6. The van der Waals surface area contributed by atoms with Crippen LogP contribution in [-0.2, 0) is 22.9 Å². The molecule has 24 heavy (non-hydrogen) atoms. The van der Waals surface area contributed by atoms with Gasteiger partial charge >= 0.3 is 5.97 Å². The molecule has 0 bridgehead atoms. The van der Waals surface area contributed by atoms with E-state index in [2.05, 4.69) is 9.71 Å². The molecule has 1 heterocycles. The molecule has 3 rings (SSSR count). The molecule has 0 aliphatic heterocycles. The second kappa shape index (κ2) is 6.24. The maximum Gasteiger partial charge on any atom is 0.337 e. The third-order valence-electron chi connectivity index (χ3n) is 4.21. The van der Waals surface area contributed by atoms with Crippen molar-refractivity contribution in [1.82, 2.24) is 4.98 Å². The number of carbonyl (C=O) groups is 1. The zero-order valence-electron chi connectivity index (χ0n) is 13.2. The number of aromatic nitrogens is 1. The van der Waals surface area contributed by atoms with Gasteiger partial charge in [0.15, 0.2) is 0 Å². The van der Waals surface area contributed by atoms with Crippen LogP contribution in [-0.4, -0.2) is 24.5 Å². The summed E-state index contributed by atoms with van der Waals surface area (Å²) in [6.45, 7) is 1.62. The molecule has 1 aliphatic carbocycles. The van der Waals surface area contributed by atoms with Crippen molar-refractivity contribution >= 4 is 21.7 Å². The van der Waals surface area contributed by atoms with Crippen molar-refractivity contribution in [3.8, 4) is 0 Å². The van der Waals surface area contributed by atoms with Crippen LogP contribution in [0.5, 0.6) is 0 Å². The predicted molar refractivity (Wildman–Crippen MR) is 89.8 cm³/mol. The minimum Gasteiger partial charge on any atom is -0.478 e. The Morgan fingerprint density at radius 1 is 1.17 bits per heavy atom. The van der Waals surface area contributed by atoms with E-state index in [0.29, 0.717) is 5.69 Å². The molecule has 0 fully saturated rings. The second-order valence-electron chi connectivity index (χ2n) is 5.91. The Hall–Kier alpha value is -2.41. The molecule has 0 amide bonds. The summed E-state index contributed by atoms with van der Waals surface area (Å²) in [4.78, 5) is 15.2. The molecule has 0 radical (unpaired) electrons. The van der Waals surface area contributed by atoms with E-state index in [1.54, 1.807) is 19.1 Å². The van der Waals surface area contributed by atoms with Crippen molar-refractivity contribution in [2.24, 2.45) is 0 Å². The molecule has 1 aromatic carbocycles. The van der Waals surface area contributed by atoms with E-state index in [4.69, 9.17) is 5.11 Å². The van der Waals surface area contributed by atoms with Crippen molar-refractivity contribution in [1.29, 1.82) is 0 Å². The Morgan fingerprint density at radius 2 is 1.88 bits per heavy atom. The highest BCUT2D eigenvalue weighted by atomic mass is 32.2. The van der Waals surface area contributed by atoms with Gasteiger partial charge in [-0.25, -0.2) is 13.2 Å². The summed E-state index contributed by atoms with van der Waals surface area (Å²) in [5.41, 5.74) is 2.79. The number of hydrogen-bond donors (Lipinski definition) is 2. The summed E-state index contributed by atoms with van der Waals surface area (Å²) in [6.07, 6.45) is 5.26. The smallest absolute Gasteiger partial charge is 0.337 e. The molecular weight excluding hydrogens is 328 g/mol. The van der Waals surface area contributed by atoms with E-state index < -0.39 is 16.0 Å². The Bertz CT molecular complexity index is 907. The second-order valence-corrected chi connectivity index (χ2v) is 7.59. The normalized spacial score (nSPS) is 14.0. The molecular formula is C17H18N2O4S. The molecule has 0 saturated heterocycles. The van der Waals surface area contributed by atoms with Crippen LogP contribution in [0.15, 0.2) is 35.4 Å². The molecule has 2 N–H and O–H groups in total. The fourth-order valence-corrected chi connectivity index (χ4v) is 3.99. The summed E-state index contributed by atoms with van der Waals surface area (Å²) >= 11 is 0. The standard InChI is InChI=1S/C17H18N2O4S/c1-11-16(9-14(10-18-11)17(20)21)19-24(22,23)15-7-6-12-4-2-3-5-13(12)8-15/h6-10,19H,2-5H2,1H3,(H,20,21). The number of aromatic carboxylic acids is 1. The van der Waals surface area contributed by atoms with Crippen LogP contribution in [0.2, 0.25) is 0 Å². The number of anilines is 1. The van der Waals surface area contributed by atoms with Gasteiger partial charge in [0.2, 0.25) is 0 Å². The van der Waals surface area contributed by atoms with Gasteiger partial charge < -0.3 is 5.11 Å². The number of benzene rings is 1. The number of carboxylic acids is 1. The first-order chi connectivity index (χ1) is 11.4. The predicted octanol–water partition coefficient (Wildman–Crippen LogP) is 2.77. The number of sulfonamides is 1. The largest absolute Gasteiger partial charge is 0.478 e. The lowest BCUT2D eigenvalue weighted by Gasteiger charge is -2.17. The minimum absolute atomic E-state index is 0.0660.